The minimum atomic E-state index is -8.05. The molecule has 0 aliphatic carbocycles. The van der Waals surface area contributed by atoms with E-state index in [0.29, 0.717) is 6.10 Å². The molecule has 0 N–H and O–H groups in total. The van der Waals surface area contributed by atoms with Gasteiger partial charge in [0.15, 0.2) is 8.32 Å². The Balaban J connectivity index is 0. The molecular formula is C18H33BF12O13S4Si2. The highest BCUT2D eigenvalue weighted by Crippen LogP contribution is 2.39. The van der Waals surface area contributed by atoms with Crippen molar-refractivity contribution in [1.82, 2.24) is 0 Å². The zero-order chi connectivity index (χ0) is 40.9. The second-order valence-electron chi connectivity index (χ2n) is 11.8. The van der Waals surface area contributed by atoms with Crippen LogP contribution < -0.4 is 0 Å². The zero-order valence-corrected chi connectivity index (χ0v) is 32.0. The van der Waals surface area contributed by atoms with E-state index in [9.17, 15) is 86.4 Å². The average Bonchev–Trinajstić information content (AvgIpc) is 2.76. The van der Waals surface area contributed by atoms with Gasteiger partial charge < -0.3 is 20.8 Å². The summed E-state index contributed by atoms with van der Waals surface area (Å²) in [6.45, 7) is 8.57. The molecule has 302 valence electrons. The predicted molar refractivity (Wildman–Crippen MR) is 155 cm³/mol. The van der Waals surface area contributed by atoms with Crippen LogP contribution in [0.2, 0.25) is 45.3 Å². The van der Waals surface area contributed by atoms with Gasteiger partial charge in [-0.25, -0.2) is 0 Å². The Morgan fingerprint density at radius 2 is 0.860 bits per heavy atom. The monoisotopic (exact) mass is 880 g/mol. The topological polar surface area (TPSA) is 183 Å². The summed E-state index contributed by atoms with van der Waals surface area (Å²) >= 11 is 0. The van der Waals surface area contributed by atoms with Gasteiger partial charge >= 0.3 is 69.5 Å². The van der Waals surface area contributed by atoms with Crippen molar-refractivity contribution in [2.24, 2.45) is 0 Å². The largest absolute Gasteiger partial charge is 0.587 e. The summed E-state index contributed by atoms with van der Waals surface area (Å²) in [6.07, 6.45) is 7.96. The number of rotatable bonds is 17. The van der Waals surface area contributed by atoms with E-state index in [1.807, 2.05) is 0 Å². The van der Waals surface area contributed by atoms with Crippen LogP contribution >= 0.6 is 0 Å². The predicted octanol–water partition coefficient (Wildman–Crippen LogP) is 6.22. The fraction of sp³-hybridized carbons (Fsp3) is 0.944. The standard InChI is InChI=1S/C14H33OSi2.C4BF12O12S4/c1-8-9-11-14(15-17(5,6)7)12-10-13-16(2,3)4;6-1(7,8)30(18,19)26-5(27-31(20,21)2(9,10)11,28-32(22,23)3(12,13)14)29-33(24,25)4(15,16)17/h10,14H,8-9,11-13H2,1-7H3;/q+1;-1. The van der Waals surface area contributed by atoms with Crippen molar-refractivity contribution in [3.05, 3.63) is 6.42 Å². The Morgan fingerprint density at radius 3 is 1.06 bits per heavy atom. The van der Waals surface area contributed by atoms with Crippen LogP contribution in [0, 0.1) is 6.42 Å². The van der Waals surface area contributed by atoms with Crippen molar-refractivity contribution in [2.45, 2.75) is 106 Å². The van der Waals surface area contributed by atoms with E-state index in [-0.39, 0.29) is 0 Å². The van der Waals surface area contributed by atoms with Crippen LogP contribution in [-0.4, -0.2) is 85.2 Å². The number of hydrogen-bond donors (Lipinski definition) is 0. The molecule has 0 saturated carbocycles. The average molecular weight is 881 g/mol. The van der Waals surface area contributed by atoms with E-state index in [4.69, 9.17) is 4.43 Å². The summed E-state index contributed by atoms with van der Waals surface area (Å²) in [5.74, 6) is 0. The summed E-state index contributed by atoms with van der Waals surface area (Å²) in [5.41, 5.74) is -28.5. The third-order valence-corrected chi connectivity index (χ3v) is 11.5. The van der Waals surface area contributed by atoms with E-state index in [1.54, 1.807) is 0 Å². The van der Waals surface area contributed by atoms with Crippen LogP contribution in [0.5, 0.6) is 0 Å². The first-order chi connectivity index (χ1) is 21.5. The maximum absolute atomic E-state index is 12.4. The first-order valence-corrected chi connectivity index (χ1v) is 25.9. The van der Waals surface area contributed by atoms with E-state index >= 15 is 0 Å². The fourth-order valence-corrected chi connectivity index (χ4v) is 7.49. The molecule has 0 radical (unpaired) electrons. The van der Waals surface area contributed by atoms with Gasteiger partial charge in [0.2, 0.25) is 0 Å². The van der Waals surface area contributed by atoms with Gasteiger partial charge in [0.25, 0.3) is 0 Å². The van der Waals surface area contributed by atoms with Gasteiger partial charge in [-0.15, -0.1) is 0 Å². The van der Waals surface area contributed by atoms with Crippen molar-refractivity contribution in [3.8, 4) is 0 Å². The second-order valence-corrected chi connectivity index (χ2v) is 28.1. The van der Waals surface area contributed by atoms with Crippen LogP contribution in [0.15, 0.2) is 0 Å². The molecule has 0 bridgehead atoms. The number of unbranched alkanes of at least 4 members (excludes halogenated alkanes) is 1. The molecule has 13 nitrogen and oxygen atoms in total. The molecule has 0 fully saturated rings. The highest BCUT2D eigenvalue weighted by molar-refractivity contribution is 7.93. The molecule has 0 heterocycles. The SMILES string of the molecule is CCCCC(C[CH+]C[Si](C)(C)C)O[Si](C)(C)C.O=S(=O)(O[B-](OS(=O)(=O)C(F)(F)F)(OS(=O)(=O)C(F)(F)F)OS(=O)(=O)C(F)(F)F)C(F)(F)F. The van der Waals surface area contributed by atoms with Crippen molar-refractivity contribution in [3.63, 3.8) is 0 Å². The van der Waals surface area contributed by atoms with Gasteiger partial charge in [0.1, 0.15) is 6.42 Å². The van der Waals surface area contributed by atoms with Gasteiger partial charge in [-0.1, -0.05) is 39.4 Å². The summed E-state index contributed by atoms with van der Waals surface area (Å²) in [6, 6.07) is 1.32. The molecule has 0 aliphatic rings. The fourth-order valence-electron chi connectivity index (χ4n) is 2.79. The molecule has 0 spiro atoms. The number of alkyl halides is 12. The first-order valence-electron chi connectivity index (χ1n) is 13.2. The molecule has 32 heteroatoms. The minimum Gasteiger partial charge on any atom is -0.410 e. The van der Waals surface area contributed by atoms with Crippen LogP contribution in [0.25, 0.3) is 0 Å². The molecule has 0 aliphatic heterocycles. The number of halogens is 12. The van der Waals surface area contributed by atoms with Crippen molar-refractivity contribution >= 4 is 63.8 Å². The lowest BCUT2D eigenvalue weighted by Crippen LogP contribution is -2.59. The van der Waals surface area contributed by atoms with E-state index in [1.165, 1.54) is 25.3 Å². The smallest absolute Gasteiger partial charge is 0.410 e. The van der Waals surface area contributed by atoms with Gasteiger partial charge in [-0.05, 0) is 26.1 Å². The third kappa shape index (κ3) is 17.8. The molecule has 1 atom stereocenters. The normalized spacial score (nSPS) is 15.7. The lowest BCUT2D eigenvalue weighted by Gasteiger charge is -2.37. The maximum atomic E-state index is 12.4. The summed E-state index contributed by atoms with van der Waals surface area (Å²) in [5, 5.41) is 0. The quantitative estimate of drug-likeness (QED) is 0.0696. The first kappa shape index (κ1) is 51.2. The lowest BCUT2D eigenvalue weighted by molar-refractivity contribution is -0.0651. The van der Waals surface area contributed by atoms with Crippen molar-refractivity contribution in [2.75, 3.05) is 0 Å². The number of hydrogen-bond acceptors (Lipinski definition) is 13. The molecule has 1 unspecified atom stereocenters. The van der Waals surface area contributed by atoms with E-state index in [0.717, 1.165) is 6.42 Å². The van der Waals surface area contributed by atoms with Gasteiger partial charge in [-0.3, -0.25) is 0 Å². The zero-order valence-electron chi connectivity index (χ0n) is 26.7. The highest BCUT2D eigenvalue weighted by atomic mass is 32.2. The molecular weight excluding hydrogens is 847 g/mol. The van der Waals surface area contributed by atoms with Crippen LogP contribution in [0.3, 0.4) is 0 Å². The molecule has 0 saturated heterocycles. The third-order valence-electron chi connectivity index (χ3n) is 4.70. The molecule has 0 amide bonds. The van der Waals surface area contributed by atoms with Crippen LogP contribution in [0.1, 0.15) is 32.6 Å². The second kappa shape index (κ2) is 17.1. The van der Waals surface area contributed by atoms with Crippen molar-refractivity contribution < 1.29 is 107 Å². The summed E-state index contributed by atoms with van der Waals surface area (Å²) in [4.78, 5) is 0. The van der Waals surface area contributed by atoms with Crippen LogP contribution in [-0.2, 0) is 61.3 Å². The maximum Gasteiger partial charge on any atom is 0.587 e. The summed E-state index contributed by atoms with van der Waals surface area (Å²) in [7, 11) is -34.5. The van der Waals surface area contributed by atoms with Gasteiger partial charge in [0.05, 0.1) is 26.6 Å². The van der Waals surface area contributed by atoms with E-state index in [2.05, 4.69) is 69.0 Å². The molecule has 50 heavy (non-hydrogen) atoms. The Bertz CT molecular complexity index is 1340. The van der Waals surface area contributed by atoms with Gasteiger partial charge in [-0.2, -0.15) is 86.4 Å². The Kier molecular flexibility index (Phi) is 17.5. The Labute approximate surface area is 283 Å². The Hall–Kier alpha value is -0.871. The van der Waals surface area contributed by atoms with E-state index < -0.39 is 85.9 Å². The molecule has 0 rings (SSSR count). The lowest BCUT2D eigenvalue weighted by atomic mass is 10.1. The Morgan fingerprint density at radius 1 is 0.580 bits per heavy atom. The summed E-state index contributed by atoms with van der Waals surface area (Å²) < 4.78 is 251. The highest BCUT2D eigenvalue weighted by Gasteiger charge is 2.64. The van der Waals surface area contributed by atoms with Crippen LogP contribution in [0.4, 0.5) is 52.7 Å². The van der Waals surface area contributed by atoms with Gasteiger partial charge in [0, 0.05) is 0 Å². The molecule has 0 aromatic carbocycles. The molecule has 0 aromatic rings. The molecule has 0 aromatic heterocycles. The minimum absolute atomic E-state index is 0.484. The van der Waals surface area contributed by atoms with Crippen molar-refractivity contribution in [1.29, 1.82) is 0 Å².